The Kier molecular flexibility index (Phi) is 14.4. The molecule has 0 rings (SSSR count). The van der Waals surface area contributed by atoms with Crippen LogP contribution in [0.4, 0.5) is 0 Å². The molecular formula is C9H16N2O2. The van der Waals surface area contributed by atoms with Crippen LogP contribution < -0.4 is 11.3 Å². The maximum atomic E-state index is 9.72. The van der Waals surface area contributed by atoms with Crippen LogP contribution in [0.15, 0.2) is 37.0 Å². The van der Waals surface area contributed by atoms with E-state index in [4.69, 9.17) is 0 Å². The highest BCUT2D eigenvalue weighted by Crippen LogP contribution is 1.95. The molecule has 13 heavy (non-hydrogen) atoms. The summed E-state index contributed by atoms with van der Waals surface area (Å²) in [5.74, 6) is 4.60. The summed E-state index contributed by atoms with van der Waals surface area (Å²) < 4.78 is 4.47. The van der Waals surface area contributed by atoms with Crippen LogP contribution in [0.25, 0.3) is 0 Å². The molecular weight excluding hydrogens is 168 g/mol. The first kappa shape index (κ1) is 14.2. The smallest absolute Gasteiger partial charge is 0.293 e. The van der Waals surface area contributed by atoms with Gasteiger partial charge in [-0.05, 0) is 12.6 Å². The van der Waals surface area contributed by atoms with Crippen LogP contribution in [0.2, 0.25) is 0 Å². The lowest BCUT2D eigenvalue weighted by Gasteiger charge is -1.96. The molecule has 0 unspecified atom stereocenters. The molecule has 0 radical (unpaired) electrons. The Bertz CT molecular complexity index is 176. The number of ether oxygens (including phenoxy) is 1. The molecule has 0 aliphatic carbocycles. The van der Waals surface area contributed by atoms with Gasteiger partial charge < -0.3 is 4.74 Å². The highest BCUT2D eigenvalue weighted by molar-refractivity contribution is 5.38. The second-order valence-electron chi connectivity index (χ2n) is 1.88. The van der Waals surface area contributed by atoms with Crippen molar-refractivity contribution in [2.24, 2.45) is 5.84 Å². The number of hydrogen-bond donors (Lipinski definition) is 2. The van der Waals surface area contributed by atoms with E-state index < -0.39 is 0 Å². The van der Waals surface area contributed by atoms with Gasteiger partial charge in [0, 0.05) is 0 Å². The normalized spacial score (nSPS) is 9.23. The molecule has 0 aliphatic rings. The van der Waals surface area contributed by atoms with Crippen molar-refractivity contribution < 1.29 is 9.53 Å². The van der Waals surface area contributed by atoms with Gasteiger partial charge in [-0.1, -0.05) is 31.4 Å². The number of nitrogens with two attached hydrogens (primary N) is 1. The number of nitrogens with one attached hydrogen (secondary N) is 1. The first-order chi connectivity index (χ1) is 6.26. The lowest BCUT2D eigenvalue weighted by Crippen LogP contribution is -2.13. The molecule has 0 aromatic rings. The molecule has 3 N–H and O–H groups in total. The maximum Gasteiger partial charge on any atom is 0.293 e. The van der Waals surface area contributed by atoms with E-state index in [0.717, 1.165) is 5.57 Å². The standard InChI is InChI=1S/C8H10O2.CH6N2/c1-3-5-8(4-2)6-10-7-9;1-3-2/h3-5,7H,1-2,6H2;3H,2H2,1H3/b8-5+;. The number of rotatable bonds is 5. The Morgan fingerprint density at radius 1 is 1.62 bits per heavy atom. The zero-order valence-corrected chi connectivity index (χ0v) is 7.82. The Labute approximate surface area is 78.7 Å². The summed E-state index contributed by atoms with van der Waals surface area (Å²) in [4.78, 5) is 9.72. The van der Waals surface area contributed by atoms with Crippen LogP contribution in [-0.4, -0.2) is 20.1 Å². The van der Waals surface area contributed by atoms with E-state index in [1.165, 1.54) is 0 Å². The zero-order chi connectivity index (χ0) is 10.5. The maximum absolute atomic E-state index is 9.72. The Morgan fingerprint density at radius 2 is 2.15 bits per heavy atom. The molecule has 0 aromatic carbocycles. The zero-order valence-electron chi connectivity index (χ0n) is 7.82. The van der Waals surface area contributed by atoms with Gasteiger partial charge in [0.1, 0.15) is 6.61 Å². The number of hydrogen-bond acceptors (Lipinski definition) is 4. The fourth-order valence-corrected chi connectivity index (χ4v) is 0.457. The topological polar surface area (TPSA) is 64.3 Å². The molecule has 4 nitrogen and oxygen atoms in total. The lowest BCUT2D eigenvalue weighted by molar-refractivity contribution is -0.127. The van der Waals surface area contributed by atoms with Crippen molar-refractivity contribution in [1.29, 1.82) is 0 Å². The molecule has 0 saturated heterocycles. The molecule has 4 heteroatoms. The van der Waals surface area contributed by atoms with Crippen molar-refractivity contribution in [2.75, 3.05) is 13.7 Å². The van der Waals surface area contributed by atoms with Crippen molar-refractivity contribution in [3.63, 3.8) is 0 Å². The average molecular weight is 184 g/mol. The number of allylic oxidation sites excluding steroid dienone is 2. The van der Waals surface area contributed by atoms with Gasteiger partial charge in [-0.25, -0.2) is 0 Å². The van der Waals surface area contributed by atoms with Crippen LogP contribution in [0.1, 0.15) is 0 Å². The van der Waals surface area contributed by atoms with Gasteiger partial charge in [0.05, 0.1) is 0 Å². The average Bonchev–Trinajstić information content (AvgIpc) is 2.13. The second-order valence-corrected chi connectivity index (χ2v) is 1.88. The van der Waals surface area contributed by atoms with Gasteiger partial charge in [0.25, 0.3) is 6.47 Å². The van der Waals surface area contributed by atoms with Gasteiger partial charge in [-0.3, -0.25) is 16.1 Å². The van der Waals surface area contributed by atoms with Crippen LogP contribution in [0.5, 0.6) is 0 Å². The minimum Gasteiger partial charge on any atom is -0.463 e. The highest BCUT2D eigenvalue weighted by atomic mass is 16.5. The van der Waals surface area contributed by atoms with Crippen molar-refractivity contribution in [2.45, 2.75) is 0 Å². The monoisotopic (exact) mass is 184 g/mol. The van der Waals surface area contributed by atoms with Crippen LogP contribution in [0, 0.1) is 0 Å². The third kappa shape index (κ3) is 13.6. The van der Waals surface area contributed by atoms with Gasteiger partial charge in [0.15, 0.2) is 0 Å². The summed E-state index contributed by atoms with van der Waals surface area (Å²) in [6, 6.07) is 0. The van der Waals surface area contributed by atoms with Gasteiger partial charge in [-0.2, -0.15) is 0 Å². The minimum absolute atomic E-state index is 0.263. The van der Waals surface area contributed by atoms with E-state index in [2.05, 4.69) is 29.2 Å². The predicted molar refractivity (Wildman–Crippen MR) is 53.7 cm³/mol. The van der Waals surface area contributed by atoms with E-state index in [1.807, 2.05) is 0 Å². The molecule has 0 atom stereocenters. The fraction of sp³-hybridized carbons (Fsp3) is 0.222. The van der Waals surface area contributed by atoms with E-state index in [9.17, 15) is 4.79 Å². The fourth-order valence-electron chi connectivity index (χ4n) is 0.457. The second kappa shape index (κ2) is 13.2. The molecule has 74 valence electrons. The van der Waals surface area contributed by atoms with E-state index in [1.54, 1.807) is 25.3 Å². The summed E-state index contributed by atoms with van der Waals surface area (Å²) in [6.45, 7) is 7.68. The van der Waals surface area contributed by atoms with Crippen LogP contribution in [-0.2, 0) is 9.53 Å². The van der Waals surface area contributed by atoms with Crippen molar-refractivity contribution >= 4 is 6.47 Å². The van der Waals surface area contributed by atoms with Crippen molar-refractivity contribution in [3.05, 3.63) is 37.0 Å². The Hall–Kier alpha value is -1.39. The summed E-state index contributed by atoms with van der Waals surface area (Å²) in [7, 11) is 1.65. The first-order valence-electron chi connectivity index (χ1n) is 3.63. The summed E-state index contributed by atoms with van der Waals surface area (Å²) in [5, 5.41) is 0. The molecule has 0 aromatic heterocycles. The van der Waals surface area contributed by atoms with Crippen LogP contribution in [0.3, 0.4) is 0 Å². The summed E-state index contributed by atoms with van der Waals surface area (Å²) in [6.07, 6.45) is 4.97. The first-order valence-corrected chi connectivity index (χ1v) is 3.63. The van der Waals surface area contributed by atoms with E-state index >= 15 is 0 Å². The SMILES string of the molecule is C=C/C=C(\C=C)COC=O.CNN. The quantitative estimate of drug-likeness (QED) is 0.283. The van der Waals surface area contributed by atoms with Crippen molar-refractivity contribution in [1.82, 2.24) is 5.43 Å². The van der Waals surface area contributed by atoms with E-state index in [0.29, 0.717) is 6.47 Å². The molecule has 0 heterocycles. The molecule has 0 amide bonds. The van der Waals surface area contributed by atoms with Gasteiger partial charge in [0.2, 0.25) is 0 Å². The molecule has 0 fully saturated rings. The van der Waals surface area contributed by atoms with E-state index in [-0.39, 0.29) is 6.61 Å². The highest BCUT2D eigenvalue weighted by Gasteiger charge is 1.87. The Morgan fingerprint density at radius 3 is 2.46 bits per heavy atom. The molecule has 0 saturated carbocycles. The van der Waals surface area contributed by atoms with Crippen LogP contribution >= 0.6 is 0 Å². The lowest BCUT2D eigenvalue weighted by atomic mass is 10.2. The minimum atomic E-state index is 0.263. The van der Waals surface area contributed by atoms with Gasteiger partial charge >= 0.3 is 0 Å². The number of carbonyl (C=O) groups excluding carboxylic acids is 1. The summed E-state index contributed by atoms with van der Waals surface area (Å²) in [5.41, 5.74) is 3.09. The summed E-state index contributed by atoms with van der Waals surface area (Å²) >= 11 is 0. The predicted octanol–water partition coefficient (Wildman–Crippen LogP) is 0.537. The molecule has 0 bridgehead atoms. The number of hydrazine groups is 1. The third-order valence-corrected chi connectivity index (χ3v) is 0.912. The largest absolute Gasteiger partial charge is 0.463 e. The van der Waals surface area contributed by atoms with Crippen molar-refractivity contribution in [3.8, 4) is 0 Å². The van der Waals surface area contributed by atoms with Gasteiger partial charge in [-0.15, -0.1) is 0 Å². The Balaban J connectivity index is 0. The molecule has 0 spiro atoms. The number of carbonyl (C=O) groups is 1. The molecule has 0 aliphatic heterocycles. The third-order valence-electron chi connectivity index (χ3n) is 0.912.